The van der Waals surface area contributed by atoms with Crippen LogP contribution in [0.1, 0.15) is 82.9 Å². The number of hydrogen-bond acceptors (Lipinski definition) is 3. The molecule has 1 aromatic carbocycles. The second-order valence-corrected chi connectivity index (χ2v) is 9.60. The number of alkyl halides is 6. The normalized spacial score (nSPS) is 14.2. The van der Waals surface area contributed by atoms with Crippen molar-refractivity contribution in [3.8, 4) is 5.75 Å². The minimum Gasteiger partial charge on any atom is -0.377 e. The average molecular weight is 448 g/mol. The molecule has 10 heteroatoms. The summed E-state index contributed by atoms with van der Waals surface area (Å²) in [7, 11) is -6.46. The van der Waals surface area contributed by atoms with Crippen LogP contribution in [0.5, 0.6) is 5.75 Å². The lowest BCUT2D eigenvalue weighted by Crippen LogP contribution is -2.57. The third-order valence-corrected chi connectivity index (χ3v) is 5.77. The van der Waals surface area contributed by atoms with Crippen molar-refractivity contribution in [3.05, 3.63) is 28.8 Å². The fourth-order valence-corrected chi connectivity index (χ4v) is 3.57. The SMILES string of the molecule is CC(C)c1cc(C(C)C)c(OS(=O)(=O)C(F)(F)C(F)(F)C(C)(F)F)c(C(C)C)c1. The maximum atomic E-state index is 14.1. The van der Waals surface area contributed by atoms with E-state index in [9.17, 15) is 34.8 Å². The lowest BCUT2D eigenvalue weighted by molar-refractivity contribution is -0.272. The van der Waals surface area contributed by atoms with Crippen LogP contribution < -0.4 is 4.18 Å². The molecule has 0 atom stereocenters. The molecule has 0 radical (unpaired) electrons. The molecule has 0 aliphatic carbocycles. The van der Waals surface area contributed by atoms with Crippen molar-refractivity contribution >= 4 is 10.1 Å². The van der Waals surface area contributed by atoms with Gasteiger partial charge in [0, 0.05) is 6.92 Å². The van der Waals surface area contributed by atoms with Gasteiger partial charge in [0.05, 0.1) is 0 Å². The van der Waals surface area contributed by atoms with Gasteiger partial charge in [-0.15, -0.1) is 0 Å². The molecule has 168 valence electrons. The summed E-state index contributed by atoms with van der Waals surface area (Å²) < 4.78 is 110. The van der Waals surface area contributed by atoms with Gasteiger partial charge in [-0.2, -0.15) is 34.8 Å². The Hall–Kier alpha value is -1.45. The van der Waals surface area contributed by atoms with Gasteiger partial charge in [-0.1, -0.05) is 53.7 Å². The second kappa shape index (κ2) is 8.00. The van der Waals surface area contributed by atoms with E-state index in [4.69, 9.17) is 0 Å². The molecule has 29 heavy (non-hydrogen) atoms. The first kappa shape index (κ1) is 25.6. The fraction of sp³-hybridized carbons (Fsp3) is 0.684. The highest BCUT2D eigenvalue weighted by Crippen LogP contribution is 2.49. The molecule has 0 saturated heterocycles. The van der Waals surface area contributed by atoms with E-state index < -0.39 is 51.7 Å². The van der Waals surface area contributed by atoms with Gasteiger partial charge in [0.15, 0.2) is 0 Å². The monoisotopic (exact) mass is 448 g/mol. The van der Waals surface area contributed by atoms with Crippen LogP contribution in [-0.2, 0) is 10.1 Å². The molecule has 0 bridgehead atoms. The van der Waals surface area contributed by atoms with Crippen LogP contribution in [0.2, 0.25) is 0 Å². The van der Waals surface area contributed by atoms with Gasteiger partial charge in [-0.25, -0.2) is 0 Å². The smallest absolute Gasteiger partial charge is 0.377 e. The molecule has 0 amide bonds. The summed E-state index contributed by atoms with van der Waals surface area (Å²) in [6, 6.07) is 3.08. The summed E-state index contributed by atoms with van der Waals surface area (Å²) in [4.78, 5) is 0. The summed E-state index contributed by atoms with van der Waals surface area (Å²) in [5, 5.41) is -6.16. The van der Waals surface area contributed by atoms with Crippen molar-refractivity contribution in [1.29, 1.82) is 0 Å². The Bertz CT molecular complexity index is 811. The molecule has 0 aromatic heterocycles. The summed E-state index contributed by atoms with van der Waals surface area (Å²) in [6.45, 7) is 9.78. The van der Waals surface area contributed by atoms with E-state index in [1.165, 1.54) is 12.1 Å². The van der Waals surface area contributed by atoms with Crippen LogP contribution in [-0.4, -0.2) is 25.5 Å². The zero-order valence-electron chi connectivity index (χ0n) is 17.3. The Morgan fingerprint density at radius 1 is 0.793 bits per heavy atom. The first-order valence-electron chi connectivity index (χ1n) is 9.03. The molecule has 0 N–H and O–H groups in total. The van der Waals surface area contributed by atoms with Crippen molar-refractivity contribution in [2.24, 2.45) is 0 Å². The zero-order valence-corrected chi connectivity index (χ0v) is 18.1. The van der Waals surface area contributed by atoms with E-state index in [-0.39, 0.29) is 17.0 Å². The highest BCUT2D eigenvalue weighted by Gasteiger charge is 2.77. The van der Waals surface area contributed by atoms with Gasteiger partial charge < -0.3 is 4.18 Å². The van der Waals surface area contributed by atoms with Crippen molar-refractivity contribution < 1.29 is 38.9 Å². The van der Waals surface area contributed by atoms with Crippen LogP contribution in [0.3, 0.4) is 0 Å². The van der Waals surface area contributed by atoms with Crippen LogP contribution in [0.4, 0.5) is 26.3 Å². The summed E-state index contributed by atoms with van der Waals surface area (Å²) in [5.41, 5.74) is 1.16. The molecule has 3 nitrogen and oxygen atoms in total. The van der Waals surface area contributed by atoms with Crippen LogP contribution in [0.25, 0.3) is 0 Å². The molecule has 0 unspecified atom stereocenters. The molecular weight excluding hydrogens is 422 g/mol. The molecule has 0 heterocycles. The highest BCUT2D eigenvalue weighted by atomic mass is 32.2. The molecule has 0 aliphatic rings. The summed E-state index contributed by atoms with van der Waals surface area (Å²) in [5.74, 6) is -12.8. The summed E-state index contributed by atoms with van der Waals surface area (Å²) >= 11 is 0. The van der Waals surface area contributed by atoms with E-state index in [1.807, 2.05) is 13.8 Å². The van der Waals surface area contributed by atoms with Gasteiger partial charge in [-0.3, -0.25) is 0 Å². The van der Waals surface area contributed by atoms with Crippen molar-refractivity contribution in [2.45, 2.75) is 83.3 Å². The molecule has 0 aliphatic heterocycles. The Kier molecular flexibility index (Phi) is 7.06. The van der Waals surface area contributed by atoms with Crippen LogP contribution >= 0.6 is 0 Å². The van der Waals surface area contributed by atoms with Gasteiger partial charge >= 0.3 is 27.2 Å². The highest BCUT2D eigenvalue weighted by molar-refractivity contribution is 7.88. The predicted octanol–water partition coefficient (Wildman–Crippen LogP) is 6.65. The van der Waals surface area contributed by atoms with Gasteiger partial charge in [0.2, 0.25) is 0 Å². The molecule has 0 fully saturated rings. The number of hydrogen-bond donors (Lipinski definition) is 0. The van der Waals surface area contributed by atoms with Crippen LogP contribution in [0, 0.1) is 0 Å². The summed E-state index contributed by atoms with van der Waals surface area (Å²) in [6.07, 6.45) is 0. The lowest BCUT2D eigenvalue weighted by Gasteiger charge is -2.30. The Morgan fingerprint density at radius 2 is 1.17 bits per heavy atom. The molecule has 0 saturated carbocycles. The van der Waals surface area contributed by atoms with E-state index in [0.29, 0.717) is 0 Å². The van der Waals surface area contributed by atoms with E-state index in [2.05, 4.69) is 4.18 Å². The minimum absolute atomic E-state index is 0.000199. The first-order chi connectivity index (χ1) is 12.8. The lowest BCUT2D eigenvalue weighted by atomic mass is 9.88. The molecule has 1 rings (SSSR count). The second-order valence-electron chi connectivity index (χ2n) is 8.01. The first-order valence-corrected chi connectivity index (χ1v) is 10.4. The van der Waals surface area contributed by atoms with E-state index >= 15 is 0 Å². The predicted molar refractivity (Wildman–Crippen MR) is 98.8 cm³/mol. The van der Waals surface area contributed by atoms with Crippen molar-refractivity contribution in [2.75, 3.05) is 0 Å². The standard InChI is InChI=1S/C19H26F6O3S/c1-10(2)13-8-14(11(3)4)16(15(9-13)12(5)6)28-29(26,27)19(24,25)18(22,23)17(7,20)21/h8-12H,1-7H3. The minimum atomic E-state index is -6.46. The number of benzene rings is 1. The van der Waals surface area contributed by atoms with Crippen molar-refractivity contribution in [1.82, 2.24) is 0 Å². The maximum absolute atomic E-state index is 14.1. The Labute approximate surface area is 167 Å². The average Bonchev–Trinajstić information content (AvgIpc) is 2.52. The zero-order chi connectivity index (χ0) is 23.2. The molecule has 1 aromatic rings. The third kappa shape index (κ3) is 4.67. The quantitative estimate of drug-likeness (QED) is 0.330. The number of halogens is 6. The molecular formula is C19H26F6O3S. The Morgan fingerprint density at radius 3 is 1.45 bits per heavy atom. The van der Waals surface area contributed by atoms with Gasteiger partial charge in [0.25, 0.3) is 0 Å². The molecule has 0 spiro atoms. The number of rotatable bonds is 8. The van der Waals surface area contributed by atoms with E-state index in [1.54, 1.807) is 27.7 Å². The topological polar surface area (TPSA) is 43.4 Å². The fourth-order valence-electron chi connectivity index (χ4n) is 2.56. The largest absolute Gasteiger partial charge is 0.449 e. The van der Waals surface area contributed by atoms with Gasteiger partial charge in [-0.05, 0) is 34.4 Å². The third-order valence-electron chi connectivity index (χ3n) is 4.50. The van der Waals surface area contributed by atoms with Gasteiger partial charge in [0.1, 0.15) is 5.75 Å². The maximum Gasteiger partial charge on any atom is 0.449 e. The van der Waals surface area contributed by atoms with Crippen molar-refractivity contribution in [3.63, 3.8) is 0 Å². The Balaban J connectivity index is 3.71. The van der Waals surface area contributed by atoms with Crippen LogP contribution in [0.15, 0.2) is 12.1 Å². The van der Waals surface area contributed by atoms with E-state index in [0.717, 1.165) is 5.56 Å².